The van der Waals surface area contributed by atoms with Crippen molar-refractivity contribution < 1.29 is 13.2 Å². The lowest BCUT2D eigenvalue weighted by Gasteiger charge is -2.10. The SMILES string of the molecule is COc1ccc(S(=O)(=O)Nc2ccc(Nc3ccc(Cl)cc3)cn2)cc1. The third-order valence-corrected chi connectivity index (χ3v) is 5.13. The number of aromatic nitrogens is 1. The topological polar surface area (TPSA) is 80.3 Å². The largest absolute Gasteiger partial charge is 0.497 e. The number of anilines is 3. The van der Waals surface area contributed by atoms with Crippen molar-refractivity contribution >= 4 is 38.8 Å². The number of ether oxygens (including phenoxy) is 1. The number of sulfonamides is 1. The molecule has 0 atom stereocenters. The molecule has 3 rings (SSSR count). The Morgan fingerprint density at radius 1 is 0.923 bits per heavy atom. The molecule has 8 heteroatoms. The van der Waals surface area contributed by atoms with Crippen molar-refractivity contribution in [2.45, 2.75) is 4.90 Å². The lowest BCUT2D eigenvalue weighted by molar-refractivity contribution is 0.414. The Bertz CT molecular complexity index is 974. The van der Waals surface area contributed by atoms with Gasteiger partial charge < -0.3 is 10.1 Å². The van der Waals surface area contributed by atoms with Crippen LogP contribution in [0, 0.1) is 0 Å². The van der Waals surface area contributed by atoms with Crippen LogP contribution in [0.5, 0.6) is 5.75 Å². The molecule has 1 heterocycles. The Balaban J connectivity index is 1.70. The predicted octanol–water partition coefficient (Wildman–Crippen LogP) is 4.29. The number of pyridine rings is 1. The van der Waals surface area contributed by atoms with E-state index >= 15 is 0 Å². The van der Waals surface area contributed by atoms with Gasteiger partial charge in [0.1, 0.15) is 11.6 Å². The van der Waals surface area contributed by atoms with Gasteiger partial charge in [-0.25, -0.2) is 13.4 Å². The molecule has 0 spiro atoms. The van der Waals surface area contributed by atoms with Gasteiger partial charge in [-0.3, -0.25) is 4.72 Å². The van der Waals surface area contributed by atoms with Crippen LogP contribution < -0.4 is 14.8 Å². The van der Waals surface area contributed by atoms with Gasteiger partial charge in [0, 0.05) is 10.7 Å². The first-order chi connectivity index (χ1) is 12.5. The summed E-state index contributed by atoms with van der Waals surface area (Å²) in [6.07, 6.45) is 1.54. The van der Waals surface area contributed by atoms with Gasteiger partial charge in [-0.15, -0.1) is 0 Å². The number of hydrogen-bond donors (Lipinski definition) is 2. The standard InChI is InChI=1S/C18H16ClN3O3S/c1-25-16-7-9-17(10-8-16)26(23,24)22-18-11-6-15(12-20-18)21-14-4-2-13(19)3-5-14/h2-12,21H,1H3,(H,20,22). The number of rotatable bonds is 6. The molecule has 6 nitrogen and oxygen atoms in total. The summed E-state index contributed by atoms with van der Waals surface area (Å²) in [7, 11) is -2.20. The molecule has 0 fully saturated rings. The fourth-order valence-electron chi connectivity index (χ4n) is 2.18. The second-order valence-electron chi connectivity index (χ2n) is 5.35. The van der Waals surface area contributed by atoms with Gasteiger partial charge in [0.2, 0.25) is 0 Å². The second-order valence-corrected chi connectivity index (χ2v) is 7.46. The number of hydrogen-bond acceptors (Lipinski definition) is 5. The number of nitrogens with one attached hydrogen (secondary N) is 2. The van der Waals surface area contributed by atoms with E-state index in [4.69, 9.17) is 16.3 Å². The molecule has 134 valence electrons. The maximum atomic E-state index is 12.4. The van der Waals surface area contributed by atoms with E-state index in [9.17, 15) is 8.42 Å². The highest BCUT2D eigenvalue weighted by Crippen LogP contribution is 2.21. The Morgan fingerprint density at radius 2 is 1.58 bits per heavy atom. The van der Waals surface area contributed by atoms with Crippen molar-refractivity contribution in [3.63, 3.8) is 0 Å². The molecule has 3 aromatic rings. The van der Waals surface area contributed by atoms with Gasteiger partial charge in [-0.1, -0.05) is 11.6 Å². The molecule has 0 saturated heterocycles. The van der Waals surface area contributed by atoms with Crippen molar-refractivity contribution in [3.8, 4) is 5.75 Å². The minimum absolute atomic E-state index is 0.128. The third kappa shape index (κ3) is 4.44. The van der Waals surface area contributed by atoms with E-state index in [2.05, 4.69) is 15.0 Å². The molecule has 0 amide bonds. The van der Waals surface area contributed by atoms with Crippen molar-refractivity contribution in [1.82, 2.24) is 4.98 Å². The van der Waals surface area contributed by atoms with E-state index in [1.54, 1.807) is 42.6 Å². The Kier molecular flexibility index (Phi) is 5.29. The zero-order valence-corrected chi connectivity index (χ0v) is 15.4. The summed E-state index contributed by atoms with van der Waals surface area (Å²) in [5, 5.41) is 3.80. The predicted molar refractivity (Wildman–Crippen MR) is 103 cm³/mol. The van der Waals surface area contributed by atoms with Crippen LogP contribution in [0.3, 0.4) is 0 Å². The van der Waals surface area contributed by atoms with Gasteiger partial charge in [0.25, 0.3) is 10.0 Å². The zero-order chi connectivity index (χ0) is 18.6. The number of nitrogens with zero attached hydrogens (tertiary/aromatic N) is 1. The number of benzene rings is 2. The van der Waals surface area contributed by atoms with E-state index in [1.165, 1.54) is 19.2 Å². The highest BCUT2D eigenvalue weighted by molar-refractivity contribution is 7.92. The molecular weight excluding hydrogens is 374 g/mol. The Morgan fingerprint density at radius 3 is 2.15 bits per heavy atom. The van der Waals surface area contributed by atoms with E-state index in [0.717, 1.165) is 11.4 Å². The van der Waals surface area contributed by atoms with Crippen molar-refractivity contribution in [2.24, 2.45) is 0 Å². The summed E-state index contributed by atoms with van der Waals surface area (Å²) >= 11 is 5.85. The Labute approximate surface area is 156 Å². The minimum Gasteiger partial charge on any atom is -0.497 e. The van der Waals surface area contributed by atoms with Crippen LogP contribution in [0.2, 0.25) is 5.02 Å². The fourth-order valence-corrected chi connectivity index (χ4v) is 3.31. The van der Waals surface area contributed by atoms with Crippen LogP contribution in [0.25, 0.3) is 0 Å². The van der Waals surface area contributed by atoms with Crippen molar-refractivity contribution in [2.75, 3.05) is 17.1 Å². The summed E-state index contributed by atoms with van der Waals surface area (Å²) in [4.78, 5) is 4.26. The first-order valence-electron chi connectivity index (χ1n) is 7.62. The van der Waals surface area contributed by atoms with E-state index in [1.807, 2.05) is 12.1 Å². The molecule has 1 aromatic heterocycles. The Hall–Kier alpha value is -2.77. The van der Waals surface area contributed by atoms with Crippen LogP contribution in [-0.4, -0.2) is 20.5 Å². The zero-order valence-electron chi connectivity index (χ0n) is 13.8. The minimum atomic E-state index is -3.72. The first kappa shape index (κ1) is 18.0. The second kappa shape index (κ2) is 7.63. The van der Waals surface area contributed by atoms with Gasteiger partial charge in [0.05, 0.1) is 23.9 Å². The molecule has 0 aliphatic rings. The molecule has 2 aromatic carbocycles. The summed E-state index contributed by atoms with van der Waals surface area (Å²) in [5.74, 6) is 0.808. The molecule has 26 heavy (non-hydrogen) atoms. The van der Waals surface area contributed by atoms with Crippen molar-refractivity contribution in [3.05, 3.63) is 71.9 Å². The molecule has 0 bridgehead atoms. The normalized spacial score (nSPS) is 11.0. The molecule has 0 radical (unpaired) electrons. The van der Waals surface area contributed by atoms with Crippen LogP contribution in [-0.2, 0) is 10.0 Å². The average Bonchev–Trinajstić information content (AvgIpc) is 2.65. The van der Waals surface area contributed by atoms with E-state index < -0.39 is 10.0 Å². The summed E-state index contributed by atoms with van der Waals surface area (Å²) in [6, 6.07) is 16.6. The highest BCUT2D eigenvalue weighted by atomic mass is 35.5. The molecule has 2 N–H and O–H groups in total. The lowest BCUT2D eigenvalue weighted by atomic mass is 10.3. The summed E-state index contributed by atoms with van der Waals surface area (Å²) in [6.45, 7) is 0. The first-order valence-corrected chi connectivity index (χ1v) is 9.48. The monoisotopic (exact) mass is 389 g/mol. The maximum Gasteiger partial charge on any atom is 0.263 e. The number of halogens is 1. The summed E-state index contributed by atoms with van der Waals surface area (Å²) in [5.41, 5.74) is 1.57. The van der Waals surface area contributed by atoms with Crippen LogP contribution in [0.1, 0.15) is 0 Å². The molecule has 0 saturated carbocycles. The molecule has 0 aliphatic heterocycles. The van der Waals surface area contributed by atoms with Crippen LogP contribution in [0.15, 0.2) is 71.8 Å². The van der Waals surface area contributed by atoms with Gasteiger partial charge in [0.15, 0.2) is 0 Å². The number of methoxy groups -OCH3 is 1. The lowest BCUT2D eigenvalue weighted by Crippen LogP contribution is -2.13. The van der Waals surface area contributed by atoms with Crippen LogP contribution in [0.4, 0.5) is 17.2 Å². The fraction of sp³-hybridized carbons (Fsp3) is 0.0556. The van der Waals surface area contributed by atoms with Gasteiger partial charge >= 0.3 is 0 Å². The quantitative estimate of drug-likeness (QED) is 0.657. The average molecular weight is 390 g/mol. The molecule has 0 unspecified atom stereocenters. The van der Waals surface area contributed by atoms with E-state index in [0.29, 0.717) is 10.8 Å². The van der Waals surface area contributed by atoms with Gasteiger partial charge in [-0.05, 0) is 60.7 Å². The van der Waals surface area contributed by atoms with Crippen LogP contribution >= 0.6 is 11.6 Å². The molecule has 0 aliphatic carbocycles. The molecular formula is C18H16ClN3O3S. The van der Waals surface area contributed by atoms with Crippen molar-refractivity contribution in [1.29, 1.82) is 0 Å². The maximum absolute atomic E-state index is 12.4. The highest BCUT2D eigenvalue weighted by Gasteiger charge is 2.14. The smallest absolute Gasteiger partial charge is 0.263 e. The third-order valence-electron chi connectivity index (χ3n) is 3.51. The summed E-state index contributed by atoms with van der Waals surface area (Å²) < 4.78 is 32.3. The van der Waals surface area contributed by atoms with E-state index in [-0.39, 0.29) is 10.7 Å². The van der Waals surface area contributed by atoms with Gasteiger partial charge in [-0.2, -0.15) is 0 Å².